The summed E-state index contributed by atoms with van der Waals surface area (Å²) in [5.74, 6) is 0. The molecule has 30 heavy (non-hydrogen) atoms. The molecule has 0 amide bonds. The average molecular weight is 473 g/mol. The van der Waals surface area contributed by atoms with Gasteiger partial charge in [-0.15, -0.1) is 0 Å². The third-order valence-electron chi connectivity index (χ3n) is 3.99. The lowest BCUT2D eigenvalue weighted by Crippen LogP contribution is -2.26. The zero-order valence-electron chi connectivity index (χ0n) is 15.3. The van der Waals surface area contributed by atoms with Gasteiger partial charge in [-0.3, -0.25) is 0 Å². The van der Waals surface area contributed by atoms with E-state index in [1.165, 1.54) is 11.5 Å². The summed E-state index contributed by atoms with van der Waals surface area (Å²) in [6.45, 7) is 0. The summed E-state index contributed by atoms with van der Waals surface area (Å²) in [6, 6.07) is 22.5. The molecule has 0 aromatic heterocycles. The number of hydrogen-bond donors (Lipinski definition) is 0. The van der Waals surface area contributed by atoms with Gasteiger partial charge in [0.15, 0.2) is 0 Å². The molecule has 0 radical (unpaired) electrons. The van der Waals surface area contributed by atoms with Crippen LogP contribution in [0.15, 0.2) is 100 Å². The van der Waals surface area contributed by atoms with Gasteiger partial charge in [0, 0.05) is 14.8 Å². The Balaban J connectivity index is 2.25. The Hall–Kier alpha value is -2.26. The van der Waals surface area contributed by atoms with Crippen molar-refractivity contribution in [3.8, 4) is 0 Å². The smallest absolute Gasteiger partial charge is 0.200 e. The Bertz CT molecular complexity index is 1080. The topological polar surface area (TPSA) is 43.4 Å². The minimum absolute atomic E-state index is 0.300. The fraction of sp³-hybridized carbons (Fsp3) is 0.0476. The summed E-state index contributed by atoms with van der Waals surface area (Å²) < 4.78 is 69.0. The lowest BCUT2D eigenvalue weighted by Gasteiger charge is -2.36. The van der Waals surface area contributed by atoms with Crippen molar-refractivity contribution in [3.05, 3.63) is 101 Å². The van der Waals surface area contributed by atoms with Gasteiger partial charge in [-0.2, -0.15) is 21.6 Å². The number of benzene rings is 3. The first-order valence-corrected chi connectivity index (χ1v) is 11.9. The summed E-state index contributed by atoms with van der Waals surface area (Å²) in [4.78, 5) is 0.600. The molecule has 0 spiro atoms. The van der Waals surface area contributed by atoms with Crippen molar-refractivity contribution in [2.24, 2.45) is 0 Å². The van der Waals surface area contributed by atoms with Crippen LogP contribution in [0, 0.1) is 0 Å². The molecule has 3 nitrogen and oxygen atoms in total. The van der Waals surface area contributed by atoms with Gasteiger partial charge in [-0.1, -0.05) is 60.1 Å². The number of alkyl halides is 3. The number of rotatable bonds is 6. The minimum atomic E-state index is -5.90. The zero-order valence-corrected chi connectivity index (χ0v) is 17.7. The molecule has 0 fully saturated rings. The third-order valence-corrected chi connectivity index (χ3v) is 8.85. The standard InChI is InChI=1S/C21H16ClF3O3S2/c22-18-13-11-17(12-14-18)15-16-29(19-7-3-1-4-8-19,20-9-5-2-6-10-20)28-30(26,27)21(23,24)25/h1-16H/b16-15+. The van der Waals surface area contributed by atoms with Gasteiger partial charge in [0.05, 0.1) is 0 Å². The van der Waals surface area contributed by atoms with Gasteiger partial charge >= 0.3 is 15.6 Å². The molecular formula is C21H16ClF3O3S2. The molecule has 0 unspecified atom stereocenters. The van der Waals surface area contributed by atoms with Crippen molar-refractivity contribution >= 4 is 38.1 Å². The van der Waals surface area contributed by atoms with E-state index in [0.29, 0.717) is 20.4 Å². The maximum atomic E-state index is 13.3. The molecule has 3 rings (SSSR count). The normalized spacial score (nSPS) is 13.5. The number of hydrogen-bond acceptors (Lipinski definition) is 3. The molecule has 0 atom stereocenters. The molecule has 0 N–H and O–H groups in total. The first-order chi connectivity index (χ1) is 14.1. The first kappa shape index (κ1) is 22.4. The lowest BCUT2D eigenvalue weighted by atomic mass is 10.2. The van der Waals surface area contributed by atoms with E-state index < -0.39 is 25.9 Å². The van der Waals surface area contributed by atoms with Gasteiger partial charge in [0.2, 0.25) is 0 Å². The average Bonchev–Trinajstić information content (AvgIpc) is 2.73. The van der Waals surface area contributed by atoms with Crippen molar-refractivity contribution in [2.45, 2.75) is 15.3 Å². The van der Waals surface area contributed by atoms with Crippen molar-refractivity contribution in [1.82, 2.24) is 0 Å². The van der Waals surface area contributed by atoms with Gasteiger partial charge in [0.1, 0.15) is 0 Å². The Morgan fingerprint density at radius 2 is 1.23 bits per heavy atom. The van der Waals surface area contributed by atoms with Crippen molar-refractivity contribution < 1.29 is 25.2 Å². The van der Waals surface area contributed by atoms with Gasteiger partial charge in [-0.05, 0) is 63.8 Å². The molecule has 0 saturated heterocycles. The highest BCUT2D eigenvalue weighted by molar-refractivity contribution is 8.35. The molecule has 158 valence electrons. The maximum absolute atomic E-state index is 13.3. The van der Waals surface area contributed by atoms with Crippen LogP contribution in [0.5, 0.6) is 0 Å². The first-order valence-electron chi connectivity index (χ1n) is 8.54. The molecule has 0 aliphatic heterocycles. The summed E-state index contributed by atoms with van der Waals surface area (Å²) in [7, 11) is -9.12. The Morgan fingerprint density at radius 1 is 0.767 bits per heavy atom. The molecule has 0 bridgehead atoms. The van der Waals surface area contributed by atoms with Crippen LogP contribution in [0.3, 0.4) is 0 Å². The predicted molar refractivity (Wildman–Crippen MR) is 114 cm³/mol. The zero-order chi connectivity index (χ0) is 21.8. The van der Waals surface area contributed by atoms with Gasteiger partial charge < -0.3 is 0 Å². The van der Waals surface area contributed by atoms with E-state index in [1.54, 1.807) is 84.9 Å². The van der Waals surface area contributed by atoms with E-state index in [0.717, 1.165) is 0 Å². The molecule has 0 aliphatic carbocycles. The summed E-state index contributed by atoms with van der Waals surface area (Å²) in [5, 5.41) is 1.87. The lowest BCUT2D eigenvalue weighted by molar-refractivity contribution is -0.0495. The van der Waals surface area contributed by atoms with Crippen LogP contribution in [-0.4, -0.2) is 13.9 Å². The second kappa shape index (κ2) is 8.85. The quantitative estimate of drug-likeness (QED) is 0.362. The monoisotopic (exact) mass is 472 g/mol. The summed E-state index contributed by atoms with van der Waals surface area (Å²) in [5.41, 5.74) is -4.95. The van der Waals surface area contributed by atoms with Crippen LogP contribution in [-0.2, 0) is 13.7 Å². The van der Waals surface area contributed by atoms with E-state index in [-0.39, 0.29) is 0 Å². The fourth-order valence-corrected chi connectivity index (χ4v) is 7.00. The molecule has 3 aromatic rings. The second-order valence-corrected chi connectivity index (χ2v) is 10.8. The Morgan fingerprint density at radius 3 is 1.67 bits per heavy atom. The van der Waals surface area contributed by atoms with Crippen LogP contribution >= 0.6 is 21.9 Å². The van der Waals surface area contributed by atoms with Crippen LogP contribution < -0.4 is 0 Å². The van der Waals surface area contributed by atoms with E-state index in [4.69, 9.17) is 15.2 Å². The minimum Gasteiger partial charge on any atom is -0.200 e. The van der Waals surface area contributed by atoms with E-state index in [9.17, 15) is 21.6 Å². The predicted octanol–water partition coefficient (Wildman–Crippen LogP) is 7.01. The summed E-state index contributed by atoms with van der Waals surface area (Å²) in [6.07, 6.45) is 1.53. The third kappa shape index (κ3) is 4.89. The van der Waals surface area contributed by atoms with Crippen molar-refractivity contribution in [1.29, 1.82) is 0 Å². The molecule has 0 aliphatic rings. The molecule has 0 saturated carbocycles. The van der Waals surface area contributed by atoms with Crippen molar-refractivity contribution in [3.63, 3.8) is 0 Å². The van der Waals surface area contributed by atoms with Gasteiger partial charge in [-0.25, -0.2) is 3.63 Å². The van der Waals surface area contributed by atoms with Crippen LogP contribution in [0.4, 0.5) is 13.2 Å². The van der Waals surface area contributed by atoms with Crippen molar-refractivity contribution in [2.75, 3.05) is 0 Å². The molecule has 9 heteroatoms. The molecular weight excluding hydrogens is 457 g/mol. The van der Waals surface area contributed by atoms with Crippen LogP contribution in [0.25, 0.3) is 6.08 Å². The highest BCUT2D eigenvalue weighted by atomic mass is 35.5. The van der Waals surface area contributed by atoms with E-state index in [2.05, 4.69) is 0 Å². The Kier molecular flexibility index (Phi) is 6.62. The van der Waals surface area contributed by atoms with E-state index in [1.807, 2.05) is 0 Å². The highest BCUT2D eigenvalue weighted by Crippen LogP contribution is 2.66. The highest BCUT2D eigenvalue weighted by Gasteiger charge is 2.51. The summed E-state index contributed by atoms with van der Waals surface area (Å²) >= 11 is 5.88. The second-order valence-electron chi connectivity index (χ2n) is 6.05. The Labute approximate surface area is 179 Å². The molecule has 3 aromatic carbocycles. The number of halogens is 4. The fourth-order valence-electron chi connectivity index (χ4n) is 2.57. The van der Waals surface area contributed by atoms with Crippen LogP contribution in [0.2, 0.25) is 5.02 Å². The largest absolute Gasteiger partial charge is 0.524 e. The van der Waals surface area contributed by atoms with E-state index >= 15 is 0 Å². The SMILES string of the molecule is O=S(=O)(OS(/C=C/c1ccc(Cl)cc1)(c1ccccc1)c1ccccc1)C(F)(F)F. The maximum Gasteiger partial charge on any atom is 0.524 e. The van der Waals surface area contributed by atoms with Crippen LogP contribution in [0.1, 0.15) is 5.56 Å². The van der Waals surface area contributed by atoms with Gasteiger partial charge in [0.25, 0.3) is 0 Å². The molecule has 0 heterocycles.